The molecule has 0 rings (SSSR count). The van der Waals surface area contributed by atoms with E-state index in [1.807, 2.05) is 27.7 Å². The van der Waals surface area contributed by atoms with Crippen LogP contribution in [0.2, 0.25) is 0 Å². The van der Waals surface area contributed by atoms with E-state index in [2.05, 4.69) is 0 Å². The first-order valence-electron chi connectivity index (χ1n) is 6.03. The van der Waals surface area contributed by atoms with Crippen molar-refractivity contribution in [1.82, 2.24) is 0 Å². The zero-order valence-electron chi connectivity index (χ0n) is 11.1. The first-order valence-corrected chi connectivity index (χ1v) is 6.03. The van der Waals surface area contributed by atoms with Crippen LogP contribution >= 0.6 is 0 Å². The number of rotatable bonds is 9. The van der Waals surface area contributed by atoms with Crippen LogP contribution < -0.4 is 5.73 Å². The fraction of sp³-hybridized carbons (Fsp3) is 1.00. The van der Waals surface area contributed by atoms with Gasteiger partial charge in [0, 0.05) is 19.8 Å². The maximum absolute atomic E-state index is 5.55. The highest BCUT2D eigenvalue weighted by Gasteiger charge is 2.09. The largest absolute Gasteiger partial charge is 0.379 e. The Balaban J connectivity index is 3.32. The summed E-state index contributed by atoms with van der Waals surface area (Å²) in [6.07, 6.45) is 0.966. The van der Waals surface area contributed by atoms with Crippen molar-refractivity contribution in [1.29, 1.82) is 0 Å². The minimum absolute atomic E-state index is 0.0888. The average Bonchev–Trinajstić information content (AvgIpc) is 2.20. The van der Waals surface area contributed by atoms with E-state index in [1.54, 1.807) is 0 Å². The Morgan fingerprint density at radius 2 is 1.81 bits per heavy atom. The van der Waals surface area contributed by atoms with Crippen molar-refractivity contribution < 1.29 is 14.2 Å². The smallest absolute Gasteiger partial charge is 0.0719 e. The molecular formula is C12H27NO3. The minimum Gasteiger partial charge on any atom is -0.379 e. The standard InChI is InChI=1S/C12H27NO3/c1-5-15-11(10-13)6-7-14-8-9-16-12(2,3)4/h11H,5-10,13H2,1-4H3. The number of hydrogen-bond donors (Lipinski definition) is 1. The van der Waals surface area contributed by atoms with Crippen molar-refractivity contribution in [2.45, 2.75) is 45.8 Å². The Morgan fingerprint density at radius 1 is 1.12 bits per heavy atom. The van der Waals surface area contributed by atoms with Gasteiger partial charge in [0.15, 0.2) is 0 Å². The molecule has 1 unspecified atom stereocenters. The molecule has 0 aliphatic heterocycles. The number of hydrogen-bond acceptors (Lipinski definition) is 4. The lowest BCUT2D eigenvalue weighted by atomic mass is 10.2. The third kappa shape index (κ3) is 10.4. The lowest BCUT2D eigenvalue weighted by Crippen LogP contribution is -2.26. The first kappa shape index (κ1) is 15.8. The van der Waals surface area contributed by atoms with Crippen molar-refractivity contribution in [2.24, 2.45) is 5.73 Å². The second-order valence-corrected chi connectivity index (χ2v) is 4.67. The molecule has 0 saturated carbocycles. The Kier molecular flexibility index (Phi) is 8.84. The van der Waals surface area contributed by atoms with E-state index in [0.29, 0.717) is 33.0 Å². The molecule has 0 amide bonds. The third-order valence-electron chi connectivity index (χ3n) is 2.01. The van der Waals surface area contributed by atoms with Gasteiger partial charge < -0.3 is 19.9 Å². The van der Waals surface area contributed by atoms with Gasteiger partial charge in [-0.25, -0.2) is 0 Å². The summed E-state index contributed by atoms with van der Waals surface area (Å²) in [5.41, 5.74) is 5.46. The van der Waals surface area contributed by atoms with Crippen molar-refractivity contribution in [3.05, 3.63) is 0 Å². The Morgan fingerprint density at radius 3 is 2.31 bits per heavy atom. The van der Waals surface area contributed by atoms with Crippen molar-refractivity contribution in [2.75, 3.05) is 33.0 Å². The van der Waals surface area contributed by atoms with E-state index in [9.17, 15) is 0 Å². The summed E-state index contributed by atoms with van der Waals surface area (Å²) in [4.78, 5) is 0. The normalized spacial score (nSPS) is 14.1. The van der Waals surface area contributed by atoms with E-state index < -0.39 is 0 Å². The zero-order valence-corrected chi connectivity index (χ0v) is 11.1. The topological polar surface area (TPSA) is 53.7 Å². The van der Waals surface area contributed by atoms with E-state index in [4.69, 9.17) is 19.9 Å². The maximum atomic E-state index is 5.55. The predicted molar refractivity (Wildman–Crippen MR) is 65.6 cm³/mol. The van der Waals surface area contributed by atoms with Crippen LogP contribution in [-0.4, -0.2) is 44.7 Å². The summed E-state index contributed by atoms with van der Waals surface area (Å²) in [6.45, 7) is 11.3. The fourth-order valence-electron chi connectivity index (χ4n) is 1.23. The molecule has 0 saturated heterocycles. The predicted octanol–water partition coefficient (Wildman–Crippen LogP) is 1.57. The minimum atomic E-state index is -0.0888. The molecule has 0 heterocycles. The van der Waals surface area contributed by atoms with Crippen LogP contribution in [0.3, 0.4) is 0 Å². The molecule has 1 atom stereocenters. The summed E-state index contributed by atoms with van der Waals surface area (Å²) >= 11 is 0. The highest BCUT2D eigenvalue weighted by Crippen LogP contribution is 2.05. The lowest BCUT2D eigenvalue weighted by Gasteiger charge is -2.19. The molecule has 2 N–H and O–H groups in total. The van der Waals surface area contributed by atoms with Crippen LogP contribution in [-0.2, 0) is 14.2 Å². The van der Waals surface area contributed by atoms with E-state index >= 15 is 0 Å². The van der Waals surface area contributed by atoms with Crippen LogP contribution in [0.1, 0.15) is 34.1 Å². The molecule has 0 aromatic heterocycles. The van der Waals surface area contributed by atoms with E-state index in [0.717, 1.165) is 6.42 Å². The molecule has 0 aromatic rings. The van der Waals surface area contributed by atoms with E-state index in [1.165, 1.54) is 0 Å². The molecule has 98 valence electrons. The molecule has 0 aliphatic carbocycles. The molecule has 4 nitrogen and oxygen atoms in total. The molecule has 0 spiro atoms. The van der Waals surface area contributed by atoms with Gasteiger partial charge in [-0.05, 0) is 34.1 Å². The number of ether oxygens (including phenoxy) is 3. The fourth-order valence-corrected chi connectivity index (χ4v) is 1.23. The van der Waals surface area contributed by atoms with Crippen LogP contribution in [0.25, 0.3) is 0 Å². The Hall–Kier alpha value is -0.160. The molecule has 0 bridgehead atoms. The maximum Gasteiger partial charge on any atom is 0.0719 e. The third-order valence-corrected chi connectivity index (χ3v) is 2.01. The highest BCUT2D eigenvalue weighted by atomic mass is 16.5. The summed E-state index contributed by atoms with van der Waals surface area (Å²) < 4.78 is 16.4. The Bertz CT molecular complexity index is 157. The van der Waals surface area contributed by atoms with Gasteiger partial charge in [0.2, 0.25) is 0 Å². The summed E-state index contributed by atoms with van der Waals surface area (Å²) in [7, 11) is 0. The van der Waals surface area contributed by atoms with Crippen LogP contribution in [0.5, 0.6) is 0 Å². The van der Waals surface area contributed by atoms with Gasteiger partial charge in [0.25, 0.3) is 0 Å². The van der Waals surface area contributed by atoms with Gasteiger partial charge in [-0.15, -0.1) is 0 Å². The number of nitrogens with two attached hydrogens (primary N) is 1. The molecule has 0 fully saturated rings. The highest BCUT2D eigenvalue weighted by molar-refractivity contribution is 4.59. The SMILES string of the molecule is CCOC(CN)CCOCCOC(C)(C)C. The average molecular weight is 233 g/mol. The second kappa shape index (κ2) is 8.93. The van der Waals surface area contributed by atoms with Gasteiger partial charge in [-0.3, -0.25) is 0 Å². The molecule has 0 aliphatic rings. The quantitative estimate of drug-likeness (QED) is 0.614. The summed E-state index contributed by atoms with van der Waals surface area (Å²) in [6, 6.07) is 0. The molecular weight excluding hydrogens is 206 g/mol. The first-order chi connectivity index (χ1) is 7.49. The second-order valence-electron chi connectivity index (χ2n) is 4.67. The Labute approximate surface area is 99.4 Å². The van der Waals surface area contributed by atoms with Gasteiger partial charge in [-0.1, -0.05) is 0 Å². The summed E-state index contributed by atoms with van der Waals surface area (Å²) in [5, 5.41) is 0. The molecule has 4 heteroatoms. The zero-order chi connectivity index (χ0) is 12.4. The monoisotopic (exact) mass is 233 g/mol. The van der Waals surface area contributed by atoms with Gasteiger partial charge in [0.1, 0.15) is 0 Å². The van der Waals surface area contributed by atoms with Crippen LogP contribution in [0.4, 0.5) is 0 Å². The summed E-state index contributed by atoms with van der Waals surface area (Å²) in [5.74, 6) is 0. The van der Waals surface area contributed by atoms with Crippen molar-refractivity contribution in [3.63, 3.8) is 0 Å². The molecule has 0 radical (unpaired) electrons. The van der Waals surface area contributed by atoms with E-state index in [-0.39, 0.29) is 11.7 Å². The van der Waals surface area contributed by atoms with Crippen molar-refractivity contribution in [3.8, 4) is 0 Å². The van der Waals surface area contributed by atoms with Gasteiger partial charge in [0.05, 0.1) is 24.9 Å². The van der Waals surface area contributed by atoms with Gasteiger partial charge in [-0.2, -0.15) is 0 Å². The molecule has 16 heavy (non-hydrogen) atoms. The molecule has 0 aromatic carbocycles. The van der Waals surface area contributed by atoms with Crippen LogP contribution in [0, 0.1) is 0 Å². The van der Waals surface area contributed by atoms with Crippen molar-refractivity contribution >= 4 is 0 Å². The lowest BCUT2D eigenvalue weighted by molar-refractivity contribution is -0.0405. The van der Waals surface area contributed by atoms with Gasteiger partial charge >= 0.3 is 0 Å². The van der Waals surface area contributed by atoms with Crippen LogP contribution in [0.15, 0.2) is 0 Å².